The van der Waals surface area contributed by atoms with Crippen molar-refractivity contribution in [3.05, 3.63) is 56.2 Å². The molecule has 0 fully saturated rings. The Kier molecular flexibility index (Phi) is 6.95. The van der Waals surface area contributed by atoms with Gasteiger partial charge in [-0.15, -0.1) is 0 Å². The maximum Gasteiger partial charge on any atom is 0.330 e. The number of aromatic amines is 1. The second-order valence-electron chi connectivity index (χ2n) is 9.63. The molecule has 2 rings (SSSR count). The number of aromatic nitrogens is 2. The highest BCUT2D eigenvalue weighted by atomic mass is 16.2. The largest absolute Gasteiger partial charge is 0.383 e. The van der Waals surface area contributed by atoms with Crippen LogP contribution in [0.25, 0.3) is 0 Å². The second kappa shape index (κ2) is 8.90. The lowest BCUT2D eigenvalue weighted by Crippen LogP contribution is -2.43. The van der Waals surface area contributed by atoms with Crippen LogP contribution in [-0.4, -0.2) is 22.0 Å². The average molecular weight is 415 g/mol. The Bertz CT molecular complexity index is 1010. The smallest absolute Gasteiger partial charge is 0.330 e. The van der Waals surface area contributed by atoms with E-state index in [9.17, 15) is 14.4 Å². The zero-order chi connectivity index (χ0) is 22.8. The summed E-state index contributed by atoms with van der Waals surface area (Å²) in [5.74, 6) is -0.0797. The third-order valence-electron chi connectivity index (χ3n) is 4.82. The van der Waals surface area contributed by atoms with Crippen molar-refractivity contribution in [3.8, 4) is 0 Å². The molecule has 0 saturated carbocycles. The fourth-order valence-electron chi connectivity index (χ4n) is 3.29. The van der Waals surface area contributed by atoms with Crippen LogP contribution in [0.5, 0.6) is 0 Å². The summed E-state index contributed by atoms with van der Waals surface area (Å²) in [5.41, 5.74) is 6.59. The number of nitrogen functional groups attached to an aromatic ring is 1. The molecule has 1 aromatic heterocycles. The van der Waals surface area contributed by atoms with Gasteiger partial charge in [-0.3, -0.25) is 19.1 Å². The van der Waals surface area contributed by atoms with Gasteiger partial charge >= 0.3 is 5.69 Å². The quantitative estimate of drug-likeness (QED) is 0.756. The topological polar surface area (TPSA) is 101 Å². The van der Waals surface area contributed by atoms with Crippen LogP contribution in [0.4, 0.5) is 11.5 Å². The Balaban J connectivity index is 2.59. The summed E-state index contributed by atoms with van der Waals surface area (Å²) in [6.45, 7) is 14.8. The molecule has 1 heterocycles. The number of hydrogen-bond acceptors (Lipinski definition) is 4. The van der Waals surface area contributed by atoms with Crippen LogP contribution in [-0.2, 0) is 12.0 Å². The van der Waals surface area contributed by atoms with Gasteiger partial charge in [0.05, 0.1) is 0 Å². The van der Waals surface area contributed by atoms with E-state index < -0.39 is 11.2 Å². The molecule has 30 heavy (non-hydrogen) atoms. The van der Waals surface area contributed by atoms with Crippen LogP contribution in [0, 0.1) is 11.8 Å². The summed E-state index contributed by atoms with van der Waals surface area (Å²) in [6, 6.07) is 7.39. The zero-order valence-electron chi connectivity index (χ0n) is 19.1. The number of carbonyl (C=O) groups excluding carboxylic acids is 1. The van der Waals surface area contributed by atoms with E-state index in [1.165, 1.54) is 9.47 Å². The predicted octanol–water partition coefficient (Wildman–Crippen LogP) is 3.38. The average Bonchev–Trinajstić information content (AvgIpc) is 2.62. The van der Waals surface area contributed by atoms with Gasteiger partial charge in [0.15, 0.2) is 5.69 Å². The van der Waals surface area contributed by atoms with E-state index in [1.807, 2.05) is 39.8 Å². The third kappa shape index (κ3) is 5.20. The van der Waals surface area contributed by atoms with Gasteiger partial charge in [0.1, 0.15) is 5.82 Å². The van der Waals surface area contributed by atoms with E-state index in [1.54, 1.807) is 12.1 Å². The molecule has 0 aliphatic heterocycles. The normalized spacial score (nSPS) is 11.9. The lowest BCUT2D eigenvalue weighted by molar-refractivity contribution is 0.0983. The van der Waals surface area contributed by atoms with Crippen LogP contribution in [0.15, 0.2) is 33.9 Å². The lowest BCUT2D eigenvalue weighted by Gasteiger charge is -2.27. The summed E-state index contributed by atoms with van der Waals surface area (Å²) in [7, 11) is 0. The van der Waals surface area contributed by atoms with E-state index in [2.05, 4.69) is 25.8 Å². The van der Waals surface area contributed by atoms with E-state index in [0.717, 1.165) is 5.56 Å². The Morgan fingerprint density at radius 3 is 2.10 bits per heavy atom. The second-order valence-corrected chi connectivity index (χ2v) is 9.63. The predicted molar refractivity (Wildman–Crippen MR) is 122 cm³/mol. The summed E-state index contributed by atoms with van der Waals surface area (Å²) in [6.07, 6.45) is 0. The first kappa shape index (κ1) is 23.4. The van der Waals surface area contributed by atoms with Gasteiger partial charge in [0.2, 0.25) is 0 Å². The van der Waals surface area contributed by atoms with Gasteiger partial charge in [0.25, 0.3) is 11.5 Å². The molecule has 1 aromatic carbocycles. The number of H-pyrrole nitrogens is 1. The fraction of sp³-hybridized carbons (Fsp3) is 0.522. The minimum atomic E-state index is -0.655. The molecular formula is C23H34N4O3. The van der Waals surface area contributed by atoms with Gasteiger partial charge in [-0.05, 0) is 34.9 Å². The SMILES string of the molecule is CC(C)CN(C(=O)c1ccc(C(C)(C)C)cc1)c1c(N)n(CC(C)C)c(=O)[nH]c1=O. The van der Waals surface area contributed by atoms with Crippen LogP contribution >= 0.6 is 0 Å². The fourth-order valence-corrected chi connectivity index (χ4v) is 3.29. The van der Waals surface area contributed by atoms with Crippen molar-refractivity contribution < 1.29 is 4.79 Å². The Morgan fingerprint density at radius 1 is 1.07 bits per heavy atom. The number of benzene rings is 1. The van der Waals surface area contributed by atoms with E-state index in [4.69, 9.17) is 5.73 Å². The number of carbonyl (C=O) groups is 1. The van der Waals surface area contributed by atoms with E-state index >= 15 is 0 Å². The van der Waals surface area contributed by atoms with Crippen LogP contribution < -0.4 is 21.9 Å². The highest BCUT2D eigenvalue weighted by Crippen LogP contribution is 2.25. The molecule has 0 aliphatic carbocycles. The number of amides is 1. The number of nitrogens with zero attached hydrogens (tertiary/aromatic N) is 2. The van der Waals surface area contributed by atoms with Gasteiger partial charge in [0, 0.05) is 18.7 Å². The zero-order valence-corrected chi connectivity index (χ0v) is 19.1. The first-order chi connectivity index (χ1) is 13.8. The Labute approximate surface area is 177 Å². The molecule has 0 aliphatic rings. The molecule has 164 valence electrons. The summed E-state index contributed by atoms with van der Waals surface area (Å²) < 4.78 is 1.32. The maximum atomic E-state index is 13.4. The van der Waals surface area contributed by atoms with Gasteiger partial charge in [-0.1, -0.05) is 60.6 Å². The summed E-state index contributed by atoms with van der Waals surface area (Å²) in [5, 5.41) is 0. The van der Waals surface area contributed by atoms with Crippen molar-refractivity contribution in [3.63, 3.8) is 0 Å². The number of anilines is 2. The van der Waals surface area contributed by atoms with Crippen molar-refractivity contribution in [1.29, 1.82) is 0 Å². The van der Waals surface area contributed by atoms with E-state index in [-0.39, 0.29) is 34.7 Å². The molecule has 0 spiro atoms. The molecule has 7 nitrogen and oxygen atoms in total. The van der Waals surface area contributed by atoms with E-state index in [0.29, 0.717) is 18.7 Å². The molecular weight excluding hydrogens is 380 g/mol. The third-order valence-corrected chi connectivity index (χ3v) is 4.82. The Morgan fingerprint density at radius 2 is 1.63 bits per heavy atom. The minimum Gasteiger partial charge on any atom is -0.383 e. The number of nitrogens with one attached hydrogen (secondary N) is 1. The van der Waals surface area contributed by atoms with Crippen LogP contribution in [0.2, 0.25) is 0 Å². The van der Waals surface area contributed by atoms with Crippen molar-refractivity contribution in [2.24, 2.45) is 11.8 Å². The number of hydrogen-bond donors (Lipinski definition) is 2. The molecule has 2 aromatic rings. The number of nitrogens with two attached hydrogens (primary N) is 1. The maximum absolute atomic E-state index is 13.4. The monoisotopic (exact) mass is 414 g/mol. The molecule has 0 bridgehead atoms. The molecule has 0 unspecified atom stereocenters. The molecule has 0 saturated heterocycles. The highest BCUT2D eigenvalue weighted by Gasteiger charge is 2.26. The summed E-state index contributed by atoms with van der Waals surface area (Å²) >= 11 is 0. The van der Waals surface area contributed by atoms with Crippen molar-refractivity contribution in [2.75, 3.05) is 17.2 Å². The summed E-state index contributed by atoms with van der Waals surface area (Å²) in [4.78, 5) is 42.1. The molecule has 7 heteroatoms. The number of rotatable bonds is 6. The highest BCUT2D eigenvalue weighted by molar-refractivity contribution is 6.07. The first-order valence-corrected chi connectivity index (χ1v) is 10.4. The molecule has 1 amide bonds. The van der Waals surface area contributed by atoms with Gasteiger partial charge in [-0.2, -0.15) is 0 Å². The van der Waals surface area contributed by atoms with Crippen molar-refractivity contribution >= 4 is 17.4 Å². The Hall–Kier alpha value is -2.83. The van der Waals surface area contributed by atoms with Crippen molar-refractivity contribution in [2.45, 2.75) is 60.4 Å². The van der Waals surface area contributed by atoms with Crippen molar-refractivity contribution in [1.82, 2.24) is 9.55 Å². The van der Waals surface area contributed by atoms with Crippen LogP contribution in [0.1, 0.15) is 64.4 Å². The molecule has 0 atom stereocenters. The minimum absolute atomic E-state index is 0.0118. The van der Waals surface area contributed by atoms with Crippen LogP contribution in [0.3, 0.4) is 0 Å². The molecule has 3 N–H and O–H groups in total. The standard InChI is InChI=1S/C23H34N4O3/c1-14(2)12-26(21(29)16-8-10-17(11-9-16)23(5,6)7)18-19(24)27(13-15(3)4)22(30)25-20(18)28/h8-11,14-15H,12-13,24H2,1-7H3,(H,25,28,30). The first-order valence-electron chi connectivity index (χ1n) is 10.4. The van der Waals surface area contributed by atoms with Gasteiger partial charge < -0.3 is 10.6 Å². The lowest BCUT2D eigenvalue weighted by atomic mass is 9.86. The molecule has 0 radical (unpaired) electrons. The van der Waals surface area contributed by atoms with Gasteiger partial charge in [-0.25, -0.2) is 4.79 Å².